The number of rotatable bonds is 9. The average Bonchev–Trinajstić information content (AvgIpc) is 3.18. The first-order valence-corrected chi connectivity index (χ1v) is 8.69. The van der Waals surface area contributed by atoms with E-state index in [1.165, 1.54) is 0 Å². The highest BCUT2D eigenvalue weighted by Crippen LogP contribution is 2.20. The summed E-state index contributed by atoms with van der Waals surface area (Å²) in [5.41, 5.74) is 1.02. The second kappa shape index (κ2) is 9.18. The molecule has 1 heterocycles. The van der Waals surface area contributed by atoms with Crippen LogP contribution in [0.25, 0.3) is 0 Å². The number of anilines is 1. The summed E-state index contributed by atoms with van der Waals surface area (Å²) in [5.74, 6) is 2.51. The van der Waals surface area contributed by atoms with Gasteiger partial charge in [0.25, 0.3) is 0 Å². The van der Waals surface area contributed by atoms with Gasteiger partial charge in [0.2, 0.25) is 0 Å². The van der Waals surface area contributed by atoms with Crippen molar-refractivity contribution in [3.63, 3.8) is 0 Å². The summed E-state index contributed by atoms with van der Waals surface area (Å²) < 4.78 is 22.2. The van der Waals surface area contributed by atoms with E-state index < -0.39 is 0 Å². The zero-order valence-electron chi connectivity index (χ0n) is 14.6. The standard InChI is InChI=1S/C20H25NO4/c1-22-17-7-9-18(10-8-17)24-13-11-21-16-4-2-5-19(14-16)25-15-20-6-3-12-23-20/h2,4-5,7-10,14,20-21H,3,6,11-13,15H2,1H3. The van der Waals surface area contributed by atoms with Gasteiger partial charge in [0.15, 0.2) is 0 Å². The molecule has 25 heavy (non-hydrogen) atoms. The van der Waals surface area contributed by atoms with E-state index >= 15 is 0 Å². The summed E-state index contributed by atoms with van der Waals surface area (Å²) in [5, 5.41) is 3.34. The Labute approximate surface area is 148 Å². The molecule has 134 valence electrons. The molecule has 1 atom stereocenters. The van der Waals surface area contributed by atoms with Crippen molar-refractivity contribution in [1.29, 1.82) is 0 Å². The molecule has 0 saturated carbocycles. The number of benzene rings is 2. The van der Waals surface area contributed by atoms with Gasteiger partial charge in [-0.05, 0) is 49.2 Å². The van der Waals surface area contributed by atoms with Crippen molar-refractivity contribution >= 4 is 5.69 Å². The lowest BCUT2D eigenvalue weighted by Crippen LogP contribution is -2.16. The Balaban J connectivity index is 1.39. The first-order chi connectivity index (χ1) is 12.3. The molecule has 2 aromatic rings. The van der Waals surface area contributed by atoms with Gasteiger partial charge in [-0.3, -0.25) is 0 Å². The van der Waals surface area contributed by atoms with Crippen LogP contribution in [0, 0.1) is 0 Å². The summed E-state index contributed by atoms with van der Waals surface area (Å²) in [4.78, 5) is 0. The lowest BCUT2D eigenvalue weighted by molar-refractivity contribution is 0.0680. The third-order valence-electron chi connectivity index (χ3n) is 4.05. The molecule has 1 aliphatic rings. The van der Waals surface area contributed by atoms with Crippen molar-refractivity contribution in [2.24, 2.45) is 0 Å². The Morgan fingerprint density at radius 3 is 2.64 bits per heavy atom. The highest BCUT2D eigenvalue weighted by atomic mass is 16.5. The lowest BCUT2D eigenvalue weighted by Gasteiger charge is -2.13. The minimum atomic E-state index is 0.231. The topological polar surface area (TPSA) is 49.0 Å². The second-order valence-corrected chi connectivity index (χ2v) is 5.92. The van der Waals surface area contributed by atoms with E-state index in [4.69, 9.17) is 18.9 Å². The molecule has 0 spiro atoms. The van der Waals surface area contributed by atoms with Crippen LogP contribution in [0.5, 0.6) is 17.2 Å². The van der Waals surface area contributed by atoms with Crippen molar-refractivity contribution in [2.75, 3.05) is 38.8 Å². The molecule has 0 aliphatic carbocycles. The van der Waals surface area contributed by atoms with Crippen molar-refractivity contribution in [2.45, 2.75) is 18.9 Å². The molecule has 0 radical (unpaired) electrons. The van der Waals surface area contributed by atoms with Crippen LogP contribution in [0.15, 0.2) is 48.5 Å². The molecule has 3 rings (SSSR count). The third-order valence-corrected chi connectivity index (χ3v) is 4.05. The van der Waals surface area contributed by atoms with Crippen LogP contribution in [0.4, 0.5) is 5.69 Å². The van der Waals surface area contributed by atoms with Gasteiger partial charge in [-0.2, -0.15) is 0 Å². The van der Waals surface area contributed by atoms with Gasteiger partial charge in [-0.1, -0.05) is 6.07 Å². The van der Waals surface area contributed by atoms with Crippen LogP contribution in [0.2, 0.25) is 0 Å². The lowest BCUT2D eigenvalue weighted by atomic mass is 10.2. The molecule has 1 aliphatic heterocycles. The number of hydrogen-bond acceptors (Lipinski definition) is 5. The Morgan fingerprint density at radius 2 is 1.88 bits per heavy atom. The SMILES string of the molecule is COc1ccc(OCCNc2cccc(OCC3CCCO3)c2)cc1. The fourth-order valence-electron chi connectivity index (χ4n) is 2.70. The van der Waals surface area contributed by atoms with E-state index in [9.17, 15) is 0 Å². The third kappa shape index (κ3) is 5.57. The van der Waals surface area contributed by atoms with Gasteiger partial charge in [0, 0.05) is 24.9 Å². The second-order valence-electron chi connectivity index (χ2n) is 5.92. The maximum Gasteiger partial charge on any atom is 0.121 e. The van der Waals surface area contributed by atoms with Crippen LogP contribution < -0.4 is 19.5 Å². The molecule has 1 saturated heterocycles. The van der Waals surface area contributed by atoms with Crippen LogP contribution in [-0.2, 0) is 4.74 Å². The van der Waals surface area contributed by atoms with Gasteiger partial charge in [0.05, 0.1) is 13.2 Å². The van der Waals surface area contributed by atoms with Crippen LogP contribution in [0.1, 0.15) is 12.8 Å². The predicted molar refractivity (Wildman–Crippen MR) is 97.9 cm³/mol. The fourth-order valence-corrected chi connectivity index (χ4v) is 2.70. The van der Waals surface area contributed by atoms with Gasteiger partial charge in [-0.15, -0.1) is 0 Å². The monoisotopic (exact) mass is 343 g/mol. The van der Waals surface area contributed by atoms with Gasteiger partial charge in [0.1, 0.15) is 30.5 Å². The Kier molecular flexibility index (Phi) is 6.40. The molecule has 2 aromatic carbocycles. The first kappa shape index (κ1) is 17.4. The van der Waals surface area contributed by atoms with E-state index in [0.29, 0.717) is 19.8 Å². The number of ether oxygens (including phenoxy) is 4. The molecule has 1 N–H and O–H groups in total. The molecule has 0 amide bonds. The molecule has 5 nitrogen and oxygen atoms in total. The molecule has 1 unspecified atom stereocenters. The van der Waals surface area contributed by atoms with Crippen molar-refractivity contribution in [3.8, 4) is 17.2 Å². The van der Waals surface area contributed by atoms with Crippen LogP contribution >= 0.6 is 0 Å². The molecular weight excluding hydrogens is 318 g/mol. The number of methoxy groups -OCH3 is 1. The molecular formula is C20H25NO4. The minimum absolute atomic E-state index is 0.231. The fraction of sp³-hybridized carbons (Fsp3) is 0.400. The Morgan fingerprint density at radius 1 is 1.04 bits per heavy atom. The van der Waals surface area contributed by atoms with Crippen molar-refractivity contribution in [1.82, 2.24) is 0 Å². The van der Waals surface area contributed by atoms with Crippen LogP contribution in [-0.4, -0.2) is 39.6 Å². The van der Waals surface area contributed by atoms with E-state index in [1.807, 2.05) is 48.5 Å². The predicted octanol–water partition coefficient (Wildman–Crippen LogP) is 3.74. The molecule has 5 heteroatoms. The van der Waals surface area contributed by atoms with Crippen molar-refractivity contribution in [3.05, 3.63) is 48.5 Å². The largest absolute Gasteiger partial charge is 0.497 e. The van der Waals surface area contributed by atoms with Crippen molar-refractivity contribution < 1.29 is 18.9 Å². The highest BCUT2D eigenvalue weighted by Gasteiger charge is 2.15. The summed E-state index contributed by atoms with van der Waals surface area (Å²) in [7, 11) is 1.65. The normalized spacial score (nSPS) is 16.4. The Bertz CT molecular complexity index is 638. The first-order valence-electron chi connectivity index (χ1n) is 8.69. The van der Waals surface area contributed by atoms with Gasteiger partial charge >= 0.3 is 0 Å². The van der Waals surface area contributed by atoms with Crippen LogP contribution in [0.3, 0.4) is 0 Å². The summed E-state index contributed by atoms with van der Waals surface area (Å²) >= 11 is 0. The van der Waals surface area contributed by atoms with E-state index in [2.05, 4.69) is 5.32 Å². The van der Waals surface area contributed by atoms with E-state index in [-0.39, 0.29) is 6.10 Å². The number of hydrogen-bond donors (Lipinski definition) is 1. The summed E-state index contributed by atoms with van der Waals surface area (Å²) in [6.07, 6.45) is 2.44. The van der Waals surface area contributed by atoms with Gasteiger partial charge in [-0.25, -0.2) is 0 Å². The highest BCUT2D eigenvalue weighted by molar-refractivity contribution is 5.48. The van der Waals surface area contributed by atoms with E-state index in [0.717, 1.165) is 42.4 Å². The maximum absolute atomic E-state index is 5.82. The molecule has 0 aromatic heterocycles. The average molecular weight is 343 g/mol. The summed E-state index contributed by atoms with van der Waals surface area (Å²) in [6, 6.07) is 15.5. The zero-order valence-corrected chi connectivity index (χ0v) is 14.6. The minimum Gasteiger partial charge on any atom is -0.497 e. The molecule has 1 fully saturated rings. The maximum atomic E-state index is 5.82. The molecule has 0 bridgehead atoms. The summed E-state index contributed by atoms with van der Waals surface area (Å²) in [6.45, 7) is 2.75. The quantitative estimate of drug-likeness (QED) is 0.703. The van der Waals surface area contributed by atoms with E-state index in [1.54, 1.807) is 7.11 Å². The smallest absolute Gasteiger partial charge is 0.121 e. The number of nitrogens with one attached hydrogen (secondary N) is 1. The Hall–Kier alpha value is -2.40. The zero-order chi connectivity index (χ0) is 17.3. The van der Waals surface area contributed by atoms with Gasteiger partial charge < -0.3 is 24.3 Å².